The maximum absolute atomic E-state index is 12.6. The van der Waals surface area contributed by atoms with Crippen LogP contribution in [0.5, 0.6) is 0 Å². The Morgan fingerprint density at radius 2 is 1.92 bits per heavy atom. The van der Waals surface area contributed by atoms with E-state index >= 15 is 0 Å². The molecule has 0 aliphatic carbocycles. The second kappa shape index (κ2) is 7.34. The van der Waals surface area contributed by atoms with Gasteiger partial charge in [-0.25, -0.2) is 4.98 Å². The number of hydrogen-bond acceptors (Lipinski definition) is 2. The molecule has 5 nitrogen and oxygen atoms in total. The largest absolute Gasteiger partial charge is 0.353 e. The van der Waals surface area contributed by atoms with Gasteiger partial charge < -0.3 is 14.5 Å². The minimum Gasteiger partial charge on any atom is -0.353 e. The first kappa shape index (κ1) is 16.3. The van der Waals surface area contributed by atoms with Crippen LogP contribution in [0.1, 0.15) is 26.3 Å². The Balaban J connectivity index is 1.61. The molecule has 1 aromatic carbocycles. The van der Waals surface area contributed by atoms with Crippen molar-refractivity contribution >= 4 is 16.9 Å². The average Bonchev–Trinajstić information content (AvgIpc) is 3.22. The van der Waals surface area contributed by atoms with Gasteiger partial charge in [0.05, 0.1) is 17.4 Å². The van der Waals surface area contributed by atoms with Gasteiger partial charge in [-0.2, -0.15) is 0 Å². The summed E-state index contributed by atoms with van der Waals surface area (Å²) in [6.07, 6.45) is 6.56. The second-order valence-corrected chi connectivity index (χ2v) is 6.49. The van der Waals surface area contributed by atoms with Gasteiger partial charge in [0.15, 0.2) is 0 Å². The van der Waals surface area contributed by atoms with Gasteiger partial charge in [0, 0.05) is 25.5 Å². The van der Waals surface area contributed by atoms with Crippen molar-refractivity contribution in [3.63, 3.8) is 0 Å². The van der Waals surface area contributed by atoms with Gasteiger partial charge in [0.2, 0.25) is 5.91 Å². The van der Waals surface area contributed by atoms with Crippen LogP contribution in [0.3, 0.4) is 0 Å². The molecule has 1 N–H and O–H groups in total. The van der Waals surface area contributed by atoms with E-state index < -0.39 is 0 Å². The van der Waals surface area contributed by atoms with Crippen molar-refractivity contribution in [2.75, 3.05) is 6.54 Å². The summed E-state index contributed by atoms with van der Waals surface area (Å²) in [5.74, 6) is 0.532. The van der Waals surface area contributed by atoms with Crippen molar-refractivity contribution in [2.45, 2.75) is 32.9 Å². The number of carbonyl (C=O) groups is 1. The van der Waals surface area contributed by atoms with Gasteiger partial charge in [-0.15, -0.1) is 0 Å². The number of rotatable bonds is 7. The highest BCUT2D eigenvalue weighted by Crippen LogP contribution is 2.18. The summed E-state index contributed by atoms with van der Waals surface area (Å²) in [5.41, 5.74) is 2.07. The lowest BCUT2D eigenvalue weighted by atomic mass is 10.0. The number of hydrogen-bond donors (Lipinski definition) is 1. The fourth-order valence-electron chi connectivity index (χ4n) is 2.97. The Kier molecular flexibility index (Phi) is 4.99. The number of fused-ring (bicyclic) bond motifs is 1. The number of nitrogens with zero attached hydrogens (tertiary/aromatic N) is 3. The van der Waals surface area contributed by atoms with E-state index in [-0.39, 0.29) is 11.9 Å². The highest BCUT2D eigenvalue weighted by molar-refractivity contribution is 5.80. The Labute approximate surface area is 142 Å². The predicted molar refractivity (Wildman–Crippen MR) is 95.7 cm³/mol. The van der Waals surface area contributed by atoms with E-state index in [0.29, 0.717) is 19.0 Å². The lowest BCUT2D eigenvalue weighted by Crippen LogP contribution is -2.34. The fraction of sp³-hybridized carbons (Fsp3) is 0.368. The molecule has 0 aliphatic rings. The zero-order chi connectivity index (χ0) is 16.9. The molecule has 126 valence electrons. The van der Waals surface area contributed by atoms with Gasteiger partial charge in [-0.1, -0.05) is 26.0 Å². The van der Waals surface area contributed by atoms with Gasteiger partial charge in [0.25, 0.3) is 0 Å². The zero-order valence-corrected chi connectivity index (χ0v) is 14.2. The van der Waals surface area contributed by atoms with Crippen LogP contribution >= 0.6 is 0 Å². The summed E-state index contributed by atoms with van der Waals surface area (Å²) in [4.78, 5) is 17.0. The van der Waals surface area contributed by atoms with Crippen LogP contribution in [0.15, 0.2) is 55.1 Å². The van der Waals surface area contributed by atoms with Crippen LogP contribution in [0.25, 0.3) is 11.0 Å². The van der Waals surface area contributed by atoms with Gasteiger partial charge in [-0.3, -0.25) is 4.79 Å². The number of amides is 1. The molecule has 1 atom stereocenters. The molecule has 3 aromatic rings. The maximum Gasteiger partial charge on any atom is 0.243 e. The van der Waals surface area contributed by atoms with Crippen molar-refractivity contribution in [3.05, 3.63) is 55.1 Å². The van der Waals surface area contributed by atoms with Crippen LogP contribution in [0, 0.1) is 5.92 Å². The predicted octanol–water partition coefficient (Wildman–Crippen LogP) is 3.24. The second-order valence-electron chi connectivity index (χ2n) is 6.49. The zero-order valence-electron chi connectivity index (χ0n) is 14.2. The Morgan fingerprint density at radius 3 is 2.67 bits per heavy atom. The molecule has 24 heavy (non-hydrogen) atoms. The Hall–Kier alpha value is -2.56. The molecule has 2 aromatic heterocycles. The molecule has 1 amide bonds. The molecule has 0 spiro atoms. The summed E-state index contributed by atoms with van der Waals surface area (Å²) < 4.78 is 4.06. The van der Waals surface area contributed by atoms with Crippen LogP contribution in [0.4, 0.5) is 0 Å². The van der Waals surface area contributed by atoms with Crippen molar-refractivity contribution in [1.29, 1.82) is 0 Å². The highest BCUT2D eigenvalue weighted by Gasteiger charge is 2.20. The molecule has 0 radical (unpaired) electrons. The smallest absolute Gasteiger partial charge is 0.243 e. The summed E-state index contributed by atoms with van der Waals surface area (Å²) in [5, 5.41) is 3.07. The minimum atomic E-state index is -0.153. The molecule has 0 fully saturated rings. The molecule has 0 saturated heterocycles. The summed E-state index contributed by atoms with van der Waals surface area (Å²) in [6, 6.07) is 11.8. The number of nitrogens with one attached hydrogen (secondary N) is 1. The standard InChI is InChI=1S/C19H24N4O/c1-15(2)13-18(22-10-5-6-11-22)19(24)20-9-12-23-14-21-16-7-3-4-8-17(16)23/h3-8,10-11,14-15,18H,9,12-13H2,1-2H3,(H,20,24). The molecular weight excluding hydrogens is 300 g/mol. The third kappa shape index (κ3) is 3.67. The van der Waals surface area contributed by atoms with E-state index in [2.05, 4.69) is 28.7 Å². The van der Waals surface area contributed by atoms with Crippen molar-refractivity contribution in [2.24, 2.45) is 5.92 Å². The number of para-hydroxylation sites is 2. The molecule has 0 bridgehead atoms. The van der Waals surface area contributed by atoms with Gasteiger partial charge >= 0.3 is 0 Å². The first-order valence-corrected chi connectivity index (χ1v) is 8.45. The van der Waals surface area contributed by atoms with Gasteiger partial charge in [0.1, 0.15) is 6.04 Å². The monoisotopic (exact) mass is 324 g/mol. The molecule has 0 aliphatic heterocycles. The molecule has 0 saturated carbocycles. The lowest BCUT2D eigenvalue weighted by molar-refractivity contribution is -0.124. The molecule has 3 rings (SSSR count). The topological polar surface area (TPSA) is 51.9 Å². The average molecular weight is 324 g/mol. The number of aromatic nitrogens is 3. The number of benzene rings is 1. The first-order valence-electron chi connectivity index (χ1n) is 8.45. The molecule has 1 unspecified atom stereocenters. The van der Waals surface area contributed by atoms with E-state index in [1.807, 2.05) is 59.7 Å². The summed E-state index contributed by atoms with van der Waals surface area (Å²) in [7, 11) is 0. The molecular formula is C19H24N4O. The maximum atomic E-state index is 12.6. The third-order valence-electron chi connectivity index (χ3n) is 4.16. The normalized spacial score (nSPS) is 12.6. The summed E-state index contributed by atoms with van der Waals surface area (Å²) >= 11 is 0. The van der Waals surface area contributed by atoms with Crippen molar-refractivity contribution in [1.82, 2.24) is 19.4 Å². The summed E-state index contributed by atoms with van der Waals surface area (Å²) in [6.45, 7) is 5.59. The minimum absolute atomic E-state index is 0.0734. The number of carbonyl (C=O) groups excluding carboxylic acids is 1. The van der Waals surface area contributed by atoms with E-state index in [4.69, 9.17) is 0 Å². The highest BCUT2D eigenvalue weighted by atomic mass is 16.2. The van der Waals surface area contributed by atoms with Crippen molar-refractivity contribution in [3.8, 4) is 0 Å². The third-order valence-corrected chi connectivity index (χ3v) is 4.16. The van der Waals surface area contributed by atoms with Gasteiger partial charge in [-0.05, 0) is 36.6 Å². The SMILES string of the molecule is CC(C)CC(C(=O)NCCn1cnc2ccccc21)n1cccc1. The molecule has 2 heterocycles. The van der Waals surface area contributed by atoms with E-state index in [9.17, 15) is 4.79 Å². The van der Waals surface area contributed by atoms with E-state index in [0.717, 1.165) is 17.5 Å². The van der Waals surface area contributed by atoms with Crippen LogP contribution in [-0.2, 0) is 11.3 Å². The van der Waals surface area contributed by atoms with Crippen molar-refractivity contribution < 1.29 is 4.79 Å². The quantitative estimate of drug-likeness (QED) is 0.725. The number of imidazole rings is 1. The first-order chi connectivity index (χ1) is 11.6. The van der Waals surface area contributed by atoms with Crippen LogP contribution in [0.2, 0.25) is 0 Å². The fourth-order valence-corrected chi connectivity index (χ4v) is 2.97. The van der Waals surface area contributed by atoms with Crippen LogP contribution < -0.4 is 5.32 Å². The van der Waals surface area contributed by atoms with E-state index in [1.165, 1.54) is 0 Å². The Bertz CT molecular complexity index is 789. The lowest BCUT2D eigenvalue weighted by Gasteiger charge is -2.20. The Morgan fingerprint density at radius 1 is 1.17 bits per heavy atom. The van der Waals surface area contributed by atoms with Crippen LogP contribution in [-0.4, -0.2) is 26.6 Å². The van der Waals surface area contributed by atoms with E-state index in [1.54, 1.807) is 0 Å². The molecule has 5 heteroatoms.